The van der Waals surface area contributed by atoms with Crippen LogP contribution in [0.3, 0.4) is 0 Å². The van der Waals surface area contributed by atoms with Gasteiger partial charge >= 0.3 is 0 Å². The highest BCUT2D eigenvalue weighted by Crippen LogP contribution is 2.15. The fraction of sp³-hybridized carbons (Fsp3) is 0.500. The second-order valence-corrected chi connectivity index (χ2v) is 4.73. The smallest absolute Gasteiger partial charge is 0.221 e. The van der Waals surface area contributed by atoms with Gasteiger partial charge in [-0.3, -0.25) is 4.79 Å². The minimum Gasteiger partial charge on any atom is -0.326 e. The second kappa shape index (κ2) is 5.82. The van der Waals surface area contributed by atoms with E-state index in [1.54, 1.807) is 0 Å². The summed E-state index contributed by atoms with van der Waals surface area (Å²) in [4.78, 5) is 10.9. The average Bonchev–Trinajstić information content (AvgIpc) is 2.32. The highest BCUT2D eigenvalue weighted by Gasteiger charge is 2.12. The van der Waals surface area contributed by atoms with Gasteiger partial charge in [0.1, 0.15) is 0 Å². The summed E-state index contributed by atoms with van der Waals surface area (Å²) in [6, 6.07) is 8.76. The first-order chi connectivity index (χ1) is 8.24. The summed E-state index contributed by atoms with van der Waals surface area (Å²) in [5.74, 6) is -0.0216. The molecule has 0 spiro atoms. The highest BCUT2D eigenvalue weighted by molar-refractivity contribution is 5.88. The predicted octanol–water partition coefficient (Wildman–Crippen LogP) is 2.33. The molecular weight excluding hydrogens is 212 g/mol. The number of amides is 1. The lowest BCUT2D eigenvalue weighted by Crippen LogP contribution is -2.35. The van der Waals surface area contributed by atoms with Gasteiger partial charge in [-0.2, -0.15) is 0 Å². The largest absolute Gasteiger partial charge is 0.326 e. The van der Waals surface area contributed by atoms with E-state index in [1.165, 1.54) is 31.7 Å². The second-order valence-electron chi connectivity index (χ2n) is 4.73. The minimum absolute atomic E-state index is 0.0216. The number of benzene rings is 1. The molecule has 3 nitrogen and oxygen atoms in total. The van der Waals surface area contributed by atoms with Gasteiger partial charge in [-0.25, -0.2) is 0 Å². The summed E-state index contributed by atoms with van der Waals surface area (Å²) < 4.78 is 0. The van der Waals surface area contributed by atoms with Crippen LogP contribution in [0.2, 0.25) is 0 Å². The topological polar surface area (TPSA) is 41.1 Å². The van der Waals surface area contributed by atoms with Gasteiger partial charge in [0, 0.05) is 18.7 Å². The lowest BCUT2D eigenvalue weighted by Gasteiger charge is -2.23. The maximum absolute atomic E-state index is 10.9. The van der Waals surface area contributed by atoms with Crippen molar-refractivity contribution in [3.05, 3.63) is 29.8 Å². The SMILES string of the molecule is CC(=O)Nc1ccc(CC2CCCCN2)cc1. The van der Waals surface area contributed by atoms with E-state index in [0.717, 1.165) is 18.7 Å². The van der Waals surface area contributed by atoms with Crippen molar-refractivity contribution in [1.29, 1.82) is 0 Å². The number of rotatable bonds is 3. The van der Waals surface area contributed by atoms with E-state index in [4.69, 9.17) is 0 Å². The first-order valence-corrected chi connectivity index (χ1v) is 6.34. The molecule has 0 radical (unpaired) electrons. The molecule has 3 heteroatoms. The first-order valence-electron chi connectivity index (χ1n) is 6.34. The third-order valence-corrected chi connectivity index (χ3v) is 3.17. The third-order valence-electron chi connectivity index (χ3n) is 3.17. The fourth-order valence-corrected chi connectivity index (χ4v) is 2.31. The third kappa shape index (κ3) is 3.86. The lowest BCUT2D eigenvalue weighted by atomic mass is 9.98. The molecule has 92 valence electrons. The van der Waals surface area contributed by atoms with Gasteiger partial charge in [0.05, 0.1) is 0 Å². The van der Waals surface area contributed by atoms with Crippen LogP contribution in [0.4, 0.5) is 5.69 Å². The van der Waals surface area contributed by atoms with Crippen LogP contribution in [-0.4, -0.2) is 18.5 Å². The number of anilines is 1. The molecule has 1 aromatic carbocycles. The Morgan fingerprint density at radius 2 is 2.12 bits per heavy atom. The number of carbonyl (C=O) groups is 1. The average molecular weight is 232 g/mol. The van der Waals surface area contributed by atoms with Crippen LogP contribution in [0.5, 0.6) is 0 Å². The first kappa shape index (κ1) is 12.1. The van der Waals surface area contributed by atoms with E-state index in [2.05, 4.69) is 22.8 Å². The lowest BCUT2D eigenvalue weighted by molar-refractivity contribution is -0.114. The number of piperidine rings is 1. The van der Waals surface area contributed by atoms with Gasteiger partial charge < -0.3 is 10.6 Å². The number of nitrogens with one attached hydrogen (secondary N) is 2. The summed E-state index contributed by atoms with van der Waals surface area (Å²) in [5.41, 5.74) is 2.20. The molecule has 0 aromatic heterocycles. The Kier molecular flexibility index (Phi) is 4.15. The van der Waals surface area contributed by atoms with Crippen LogP contribution in [0.15, 0.2) is 24.3 Å². The van der Waals surface area contributed by atoms with Gasteiger partial charge in [-0.1, -0.05) is 18.6 Å². The van der Waals surface area contributed by atoms with Crippen LogP contribution in [0.1, 0.15) is 31.7 Å². The van der Waals surface area contributed by atoms with Crippen molar-refractivity contribution in [1.82, 2.24) is 5.32 Å². The van der Waals surface area contributed by atoms with Crippen molar-refractivity contribution in [3.8, 4) is 0 Å². The van der Waals surface area contributed by atoms with E-state index in [9.17, 15) is 4.79 Å². The maximum atomic E-state index is 10.9. The standard InChI is InChI=1S/C14H20N2O/c1-11(17)16-13-7-5-12(6-8-13)10-14-4-2-3-9-15-14/h5-8,14-15H,2-4,9-10H2,1H3,(H,16,17). The Hall–Kier alpha value is -1.35. The Balaban J connectivity index is 1.90. The summed E-state index contributed by atoms with van der Waals surface area (Å²) >= 11 is 0. The number of hydrogen-bond donors (Lipinski definition) is 2. The molecular formula is C14H20N2O. The molecule has 0 saturated carbocycles. The summed E-state index contributed by atoms with van der Waals surface area (Å²) in [5, 5.41) is 6.33. The number of carbonyl (C=O) groups excluding carboxylic acids is 1. The molecule has 1 unspecified atom stereocenters. The van der Waals surface area contributed by atoms with Crippen molar-refractivity contribution in [2.75, 3.05) is 11.9 Å². The van der Waals surface area contributed by atoms with Crippen molar-refractivity contribution in [2.24, 2.45) is 0 Å². The van der Waals surface area contributed by atoms with Crippen LogP contribution in [0.25, 0.3) is 0 Å². The molecule has 1 fully saturated rings. The Labute approximate surface area is 103 Å². The van der Waals surface area contributed by atoms with Crippen LogP contribution in [0, 0.1) is 0 Å². The summed E-state index contributed by atoms with van der Waals surface area (Å²) in [6.07, 6.45) is 4.99. The molecule has 1 saturated heterocycles. The maximum Gasteiger partial charge on any atom is 0.221 e. The van der Waals surface area contributed by atoms with E-state index in [0.29, 0.717) is 6.04 Å². The molecule has 1 atom stereocenters. The molecule has 2 N–H and O–H groups in total. The van der Waals surface area contributed by atoms with Gasteiger partial charge in [-0.15, -0.1) is 0 Å². The Bertz CT molecular complexity index is 366. The summed E-state index contributed by atoms with van der Waals surface area (Å²) in [6.45, 7) is 2.68. The summed E-state index contributed by atoms with van der Waals surface area (Å²) in [7, 11) is 0. The zero-order valence-electron chi connectivity index (χ0n) is 10.3. The van der Waals surface area contributed by atoms with Crippen molar-refractivity contribution in [3.63, 3.8) is 0 Å². The van der Waals surface area contributed by atoms with Crippen molar-refractivity contribution < 1.29 is 4.79 Å². The highest BCUT2D eigenvalue weighted by atomic mass is 16.1. The van der Waals surface area contributed by atoms with E-state index in [1.807, 2.05) is 12.1 Å². The minimum atomic E-state index is -0.0216. The van der Waals surface area contributed by atoms with E-state index < -0.39 is 0 Å². The zero-order valence-corrected chi connectivity index (χ0v) is 10.3. The molecule has 1 aliphatic heterocycles. The van der Waals surface area contributed by atoms with Gasteiger partial charge in [0.15, 0.2) is 0 Å². The van der Waals surface area contributed by atoms with E-state index in [-0.39, 0.29) is 5.91 Å². The quantitative estimate of drug-likeness (QED) is 0.839. The van der Waals surface area contributed by atoms with Gasteiger partial charge in [0.2, 0.25) is 5.91 Å². The van der Waals surface area contributed by atoms with E-state index >= 15 is 0 Å². The number of hydrogen-bond acceptors (Lipinski definition) is 2. The van der Waals surface area contributed by atoms with Crippen molar-refractivity contribution >= 4 is 11.6 Å². The normalized spacial score (nSPS) is 19.9. The molecule has 1 aromatic rings. The molecule has 1 aliphatic rings. The molecule has 2 rings (SSSR count). The molecule has 0 aliphatic carbocycles. The van der Waals surface area contributed by atoms with Crippen LogP contribution >= 0.6 is 0 Å². The molecule has 0 bridgehead atoms. The van der Waals surface area contributed by atoms with Crippen LogP contribution < -0.4 is 10.6 Å². The van der Waals surface area contributed by atoms with Gasteiger partial charge in [-0.05, 0) is 43.5 Å². The Morgan fingerprint density at radius 3 is 2.71 bits per heavy atom. The van der Waals surface area contributed by atoms with Gasteiger partial charge in [0.25, 0.3) is 0 Å². The molecule has 1 amide bonds. The molecule has 17 heavy (non-hydrogen) atoms. The molecule has 1 heterocycles. The Morgan fingerprint density at radius 1 is 1.35 bits per heavy atom. The zero-order chi connectivity index (χ0) is 12.1. The predicted molar refractivity (Wildman–Crippen MR) is 70.1 cm³/mol. The monoisotopic (exact) mass is 232 g/mol. The fourth-order valence-electron chi connectivity index (χ4n) is 2.31. The van der Waals surface area contributed by atoms with Crippen molar-refractivity contribution in [2.45, 2.75) is 38.6 Å². The van der Waals surface area contributed by atoms with Crippen LogP contribution in [-0.2, 0) is 11.2 Å².